The molecule has 46 heavy (non-hydrogen) atoms. The number of aryl methyl sites for hydroxylation is 1. The largest absolute Gasteiger partial charge is 0.487 e. The molecule has 2 N–H and O–H groups in total. The number of hydrogen-bond donors (Lipinski definition) is 2. The third kappa shape index (κ3) is 8.64. The zero-order valence-corrected chi connectivity index (χ0v) is 27.9. The predicted molar refractivity (Wildman–Crippen MR) is 173 cm³/mol. The predicted octanol–water partition coefficient (Wildman–Crippen LogP) is 5.18. The number of alkyl carbamates (subject to hydrolysis) is 1. The molecule has 13 heteroatoms. The first-order chi connectivity index (χ1) is 22.3. The molecule has 5 atom stereocenters. The lowest BCUT2D eigenvalue weighted by atomic mass is 10.0. The number of carbonyl (C=O) groups is 1. The molecule has 3 aliphatic rings. The van der Waals surface area contributed by atoms with Gasteiger partial charge in [-0.15, -0.1) is 11.3 Å². The summed E-state index contributed by atoms with van der Waals surface area (Å²) in [7, 11) is 0. The highest BCUT2D eigenvalue weighted by Crippen LogP contribution is 2.37. The topological polar surface area (TPSA) is 121 Å². The first-order valence-electron chi connectivity index (χ1n) is 15.6. The Labute approximate surface area is 277 Å². The summed E-state index contributed by atoms with van der Waals surface area (Å²) in [6, 6.07) is 12.9. The minimum absolute atomic E-state index is 0.0227. The van der Waals surface area contributed by atoms with Gasteiger partial charge in [0.1, 0.15) is 18.5 Å². The van der Waals surface area contributed by atoms with Crippen LogP contribution in [-0.2, 0) is 27.2 Å². The van der Waals surface area contributed by atoms with Crippen molar-refractivity contribution in [3.63, 3.8) is 0 Å². The second-order valence-electron chi connectivity index (χ2n) is 12.1. The van der Waals surface area contributed by atoms with Crippen molar-refractivity contribution < 1.29 is 38.3 Å². The fraction of sp³-hybridized carbons (Fsp3) is 0.515. The third-order valence-electron chi connectivity index (χ3n) is 7.98. The van der Waals surface area contributed by atoms with Gasteiger partial charge in [-0.1, -0.05) is 26.0 Å². The van der Waals surface area contributed by atoms with E-state index in [1.807, 2.05) is 54.8 Å². The van der Waals surface area contributed by atoms with Gasteiger partial charge in [-0.3, -0.25) is 0 Å². The number of benzene rings is 2. The maximum atomic E-state index is 13.2. The van der Waals surface area contributed by atoms with E-state index in [1.165, 1.54) is 0 Å². The molecule has 5 unspecified atom stereocenters. The molecule has 3 aromatic rings. The summed E-state index contributed by atoms with van der Waals surface area (Å²) in [5, 5.41) is 17.6. The summed E-state index contributed by atoms with van der Waals surface area (Å²) in [4.78, 5) is 18.6. The molecule has 0 radical (unpaired) electrons. The SMILES string of the molecule is Cc1nc(COc2ccc(CC(NC(=O)OC3COC4OCCC34)C(O)CN(CC(C)C)Sc3ccc4c(c3)OCO4)cc2)cs1. The fourth-order valence-electron chi connectivity index (χ4n) is 5.74. The number of fused-ring (bicyclic) bond motifs is 2. The molecule has 2 aromatic carbocycles. The highest BCUT2D eigenvalue weighted by molar-refractivity contribution is 7.97. The lowest BCUT2D eigenvalue weighted by Gasteiger charge is -2.30. The number of aromatic nitrogens is 1. The van der Waals surface area contributed by atoms with Crippen molar-refractivity contribution in [3.05, 3.63) is 64.1 Å². The molecule has 3 aliphatic heterocycles. The Bertz CT molecular complexity index is 1450. The van der Waals surface area contributed by atoms with Gasteiger partial charge in [0.15, 0.2) is 17.8 Å². The van der Waals surface area contributed by atoms with E-state index in [0.717, 1.165) is 45.6 Å². The minimum Gasteiger partial charge on any atom is -0.487 e. The lowest BCUT2D eigenvalue weighted by molar-refractivity contribution is -0.0907. The second kappa shape index (κ2) is 15.2. The summed E-state index contributed by atoms with van der Waals surface area (Å²) in [5.41, 5.74) is 1.83. The molecule has 0 bridgehead atoms. The monoisotopic (exact) mass is 671 g/mol. The molecule has 0 aliphatic carbocycles. The third-order valence-corrected chi connectivity index (χ3v) is 9.83. The molecule has 1 amide bonds. The summed E-state index contributed by atoms with van der Waals surface area (Å²) in [5.74, 6) is 2.51. The number of hydrogen-bond acceptors (Lipinski definition) is 12. The molecule has 1 aromatic heterocycles. The van der Waals surface area contributed by atoms with Crippen LogP contribution in [0.15, 0.2) is 52.7 Å². The summed E-state index contributed by atoms with van der Waals surface area (Å²) in [6.45, 7) is 8.76. The number of aliphatic hydroxyl groups is 1. The van der Waals surface area contributed by atoms with Crippen LogP contribution in [0.1, 0.15) is 36.5 Å². The number of thiazole rings is 1. The average Bonchev–Trinajstić information content (AvgIpc) is 3.83. The quantitative estimate of drug-likeness (QED) is 0.221. The highest BCUT2D eigenvalue weighted by Gasteiger charge is 2.44. The van der Waals surface area contributed by atoms with Crippen molar-refractivity contribution in [3.8, 4) is 17.2 Å². The van der Waals surface area contributed by atoms with Gasteiger partial charge in [0.2, 0.25) is 6.79 Å². The molecular weight excluding hydrogens is 631 g/mol. The number of carbonyl (C=O) groups excluding carboxylic acids is 1. The van der Waals surface area contributed by atoms with Crippen LogP contribution in [0.3, 0.4) is 0 Å². The smallest absolute Gasteiger partial charge is 0.407 e. The molecule has 248 valence electrons. The van der Waals surface area contributed by atoms with Gasteiger partial charge in [-0.05, 0) is 73.5 Å². The Morgan fingerprint density at radius 3 is 2.76 bits per heavy atom. The van der Waals surface area contributed by atoms with Crippen LogP contribution in [0.2, 0.25) is 0 Å². The van der Waals surface area contributed by atoms with Crippen molar-refractivity contribution in [1.82, 2.24) is 14.6 Å². The maximum Gasteiger partial charge on any atom is 0.407 e. The van der Waals surface area contributed by atoms with E-state index in [0.29, 0.717) is 44.5 Å². The van der Waals surface area contributed by atoms with E-state index in [4.69, 9.17) is 28.4 Å². The number of nitrogens with zero attached hydrogens (tertiary/aromatic N) is 2. The van der Waals surface area contributed by atoms with Crippen LogP contribution in [-0.4, -0.2) is 78.1 Å². The van der Waals surface area contributed by atoms with E-state index in [1.54, 1.807) is 23.3 Å². The van der Waals surface area contributed by atoms with E-state index in [-0.39, 0.29) is 25.1 Å². The van der Waals surface area contributed by atoms with Gasteiger partial charge in [-0.25, -0.2) is 14.1 Å². The van der Waals surface area contributed by atoms with Crippen molar-refractivity contribution in [2.75, 3.05) is 33.1 Å². The van der Waals surface area contributed by atoms with Crippen LogP contribution in [0, 0.1) is 18.8 Å². The van der Waals surface area contributed by atoms with Gasteiger partial charge in [-0.2, -0.15) is 0 Å². The number of ether oxygens (including phenoxy) is 6. The van der Waals surface area contributed by atoms with Gasteiger partial charge >= 0.3 is 6.09 Å². The number of amides is 1. The molecular formula is C33H41N3O8S2. The second-order valence-corrected chi connectivity index (χ2v) is 14.4. The maximum absolute atomic E-state index is 13.2. The number of rotatable bonds is 14. The van der Waals surface area contributed by atoms with Crippen molar-refractivity contribution in [2.24, 2.45) is 11.8 Å². The van der Waals surface area contributed by atoms with E-state index >= 15 is 0 Å². The van der Waals surface area contributed by atoms with E-state index in [2.05, 4.69) is 28.5 Å². The fourth-order valence-corrected chi connectivity index (χ4v) is 7.52. The number of aliphatic hydroxyl groups excluding tert-OH is 1. The molecule has 0 saturated carbocycles. The Hall–Kier alpha value is -3.07. The normalized spacial score (nSPS) is 21.4. The summed E-state index contributed by atoms with van der Waals surface area (Å²) >= 11 is 3.13. The van der Waals surface area contributed by atoms with E-state index < -0.39 is 18.2 Å². The van der Waals surface area contributed by atoms with Crippen LogP contribution in [0.4, 0.5) is 4.79 Å². The van der Waals surface area contributed by atoms with Gasteiger partial charge in [0.05, 0.1) is 42.0 Å². The Morgan fingerprint density at radius 1 is 1.15 bits per heavy atom. The molecule has 6 rings (SSSR count). The van der Waals surface area contributed by atoms with Crippen molar-refractivity contribution in [1.29, 1.82) is 0 Å². The Balaban J connectivity index is 1.13. The van der Waals surface area contributed by atoms with Crippen LogP contribution in [0.5, 0.6) is 17.2 Å². The molecule has 2 saturated heterocycles. The van der Waals surface area contributed by atoms with E-state index in [9.17, 15) is 9.90 Å². The number of nitrogens with one attached hydrogen (secondary N) is 1. The molecule has 4 heterocycles. The first kappa shape index (κ1) is 32.9. The molecule has 2 fully saturated rings. The van der Waals surface area contributed by atoms with Crippen molar-refractivity contribution >= 4 is 29.4 Å². The van der Waals surface area contributed by atoms with Crippen molar-refractivity contribution in [2.45, 2.75) is 69.7 Å². The zero-order chi connectivity index (χ0) is 32.0. The highest BCUT2D eigenvalue weighted by atomic mass is 32.2. The van der Waals surface area contributed by atoms with Gasteiger partial charge < -0.3 is 38.8 Å². The van der Waals surface area contributed by atoms with Crippen LogP contribution < -0.4 is 19.5 Å². The van der Waals surface area contributed by atoms with Gasteiger partial charge in [0.25, 0.3) is 0 Å². The summed E-state index contributed by atoms with van der Waals surface area (Å²) in [6.07, 6.45) is -1.02. The van der Waals surface area contributed by atoms with Crippen LogP contribution >= 0.6 is 23.3 Å². The zero-order valence-electron chi connectivity index (χ0n) is 26.3. The summed E-state index contributed by atoms with van der Waals surface area (Å²) < 4.78 is 36.1. The Morgan fingerprint density at radius 2 is 1.98 bits per heavy atom. The standard InChI is InChI=1S/C33H41N3O8S2/c1-20(2)14-36(46-25-8-9-29-30(13-25)43-19-42-29)15-28(37)27(35-33(38)44-31-17-41-32-26(31)10-11-39-32)12-22-4-6-24(7-5-22)40-16-23-18-45-21(3)34-23/h4-9,13,18,20,26-28,31-32,37H,10-12,14-17,19H2,1-3H3,(H,35,38). The molecule has 0 spiro atoms. The Kier molecular flexibility index (Phi) is 10.9. The lowest BCUT2D eigenvalue weighted by Crippen LogP contribution is -2.50. The van der Waals surface area contributed by atoms with Crippen LogP contribution in [0.25, 0.3) is 0 Å². The van der Waals surface area contributed by atoms with Gasteiger partial charge in [0, 0.05) is 23.4 Å². The minimum atomic E-state index is -0.904. The first-order valence-corrected chi connectivity index (χ1v) is 17.3. The average molecular weight is 672 g/mol. The molecule has 11 nitrogen and oxygen atoms in total.